The Kier molecular flexibility index (Phi) is 6.66. The summed E-state index contributed by atoms with van der Waals surface area (Å²) in [4.78, 5) is 30.7. The van der Waals surface area contributed by atoms with Crippen molar-refractivity contribution in [3.8, 4) is 0 Å². The molecule has 0 aliphatic carbocycles. The summed E-state index contributed by atoms with van der Waals surface area (Å²) >= 11 is 0. The van der Waals surface area contributed by atoms with E-state index >= 15 is 0 Å². The summed E-state index contributed by atoms with van der Waals surface area (Å²) < 4.78 is 94.8. The summed E-state index contributed by atoms with van der Waals surface area (Å²) in [5, 5.41) is 5.33. The minimum atomic E-state index is -4.84. The first-order valence-corrected chi connectivity index (χ1v) is 12.6. The van der Waals surface area contributed by atoms with Gasteiger partial charge in [0.15, 0.2) is 21.5 Å². The van der Waals surface area contributed by atoms with Gasteiger partial charge in [0.2, 0.25) is 11.8 Å². The average molecular weight is 537 g/mol. The number of carbonyl (C=O) groups is 2. The highest BCUT2D eigenvalue weighted by atomic mass is 32.2. The summed E-state index contributed by atoms with van der Waals surface area (Å²) in [6, 6.07) is -0.925. The van der Waals surface area contributed by atoms with Crippen LogP contribution in [0.25, 0.3) is 0 Å². The van der Waals surface area contributed by atoms with E-state index in [9.17, 15) is 40.0 Å². The molecule has 16 heteroatoms. The first-order chi connectivity index (χ1) is 16.8. The highest BCUT2D eigenvalue weighted by molar-refractivity contribution is 7.90. The molecular weight excluding hydrogens is 517 g/mol. The molecule has 0 spiro atoms. The predicted octanol–water partition coefficient (Wildman–Crippen LogP) is 2.37. The number of nitrogens with one attached hydrogen (secondary N) is 1. The molecule has 2 aliphatic rings. The quantitative estimate of drug-likeness (QED) is 0.577. The number of aromatic nitrogens is 2. The molecule has 196 valence electrons. The lowest BCUT2D eigenvalue weighted by Crippen LogP contribution is -2.56. The Bertz CT molecular complexity index is 1280. The first-order valence-electron chi connectivity index (χ1n) is 10.7. The lowest BCUT2D eigenvalue weighted by Gasteiger charge is -2.41. The third-order valence-electron chi connectivity index (χ3n) is 5.97. The minimum Gasteiger partial charge on any atom is -0.369 e. The van der Waals surface area contributed by atoms with Gasteiger partial charge in [-0.15, -0.1) is 0 Å². The van der Waals surface area contributed by atoms with E-state index in [1.54, 1.807) is 0 Å². The molecule has 2 aliphatic heterocycles. The van der Waals surface area contributed by atoms with Gasteiger partial charge in [0.1, 0.15) is 11.7 Å². The summed E-state index contributed by atoms with van der Waals surface area (Å²) in [6.45, 7) is 0.187. The van der Waals surface area contributed by atoms with Gasteiger partial charge >= 0.3 is 12.2 Å². The van der Waals surface area contributed by atoms with Crippen molar-refractivity contribution in [3.63, 3.8) is 0 Å². The molecule has 2 atom stereocenters. The molecule has 1 unspecified atom stereocenters. The number of hydrogen-bond donors (Lipinski definition) is 1. The summed E-state index contributed by atoms with van der Waals surface area (Å²) in [5.74, 6) is -5.02. The first kappa shape index (κ1) is 25.8. The fourth-order valence-corrected chi connectivity index (χ4v) is 4.83. The van der Waals surface area contributed by atoms with Gasteiger partial charge in [-0.1, -0.05) is 0 Å². The van der Waals surface area contributed by atoms with Gasteiger partial charge in [0, 0.05) is 31.8 Å². The topological polar surface area (TPSA) is 126 Å². The smallest absolute Gasteiger partial charge is 0.369 e. The highest BCUT2D eigenvalue weighted by Crippen LogP contribution is 2.31. The average Bonchev–Trinajstić information content (AvgIpc) is 3.27. The molecule has 3 heterocycles. The maximum Gasteiger partial charge on any atom is 0.455 e. The number of benzene rings is 1. The van der Waals surface area contributed by atoms with Crippen LogP contribution in [-0.4, -0.2) is 66.7 Å². The molecule has 0 radical (unpaired) electrons. The Balaban J connectivity index is 1.45. The molecule has 2 saturated heterocycles. The van der Waals surface area contributed by atoms with Crippen LogP contribution >= 0.6 is 0 Å². The van der Waals surface area contributed by atoms with E-state index < -0.39 is 74.0 Å². The van der Waals surface area contributed by atoms with Gasteiger partial charge in [-0.2, -0.15) is 18.2 Å². The number of hydrogen-bond acceptors (Lipinski definition) is 8. The van der Waals surface area contributed by atoms with Crippen LogP contribution in [0.5, 0.6) is 0 Å². The Morgan fingerprint density at radius 1 is 1.11 bits per heavy atom. The Hall–Kier alpha value is -3.30. The zero-order valence-corrected chi connectivity index (χ0v) is 19.5. The zero-order chi connectivity index (χ0) is 26.4. The zero-order valence-electron chi connectivity index (χ0n) is 18.7. The van der Waals surface area contributed by atoms with Crippen LogP contribution in [0.2, 0.25) is 0 Å². The molecule has 36 heavy (non-hydrogen) atoms. The van der Waals surface area contributed by atoms with Crippen LogP contribution in [0.3, 0.4) is 0 Å². The number of anilines is 2. The van der Waals surface area contributed by atoms with Crippen molar-refractivity contribution in [2.24, 2.45) is 0 Å². The SMILES string of the molecule is CS(=O)(=O)c1cc(F)c(NC2CCCN([C@H]3CCN(c4nc(C(F)(F)F)no4)C(=O)C3)C2=O)c(F)c1. The van der Waals surface area contributed by atoms with Crippen LogP contribution < -0.4 is 10.2 Å². The van der Waals surface area contributed by atoms with E-state index in [0.29, 0.717) is 18.6 Å². The van der Waals surface area contributed by atoms with Crippen LogP contribution in [0.1, 0.15) is 31.5 Å². The van der Waals surface area contributed by atoms with Crippen molar-refractivity contribution < 1.29 is 44.5 Å². The number of alkyl halides is 3. The molecule has 1 aromatic carbocycles. The maximum absolute atomic E-state index is 14.5. The lowest BCUT2D eigenvalue weighted by atomic mass is 9.96. The second kappa shape index (κ2) is 9.29. The van der Waals surface area contributed by atoms with Crippen molar-refractivity contribution >= 4 is 33.4 Å². The maximum atomic E-state index is 14.5. The Morgan fingerprint density at radius 3 is 2.33 bits per heavy atom. The molecule has 10 nitrogen and oxygen atoms in total. The number of sulfone groups is 1. The summed E-state index contributed by atoms with van der Waals surface area (Å²) in [7, 11) is -3.86. The normalized spacial score (nSPS) is 21.7. The number of halogens is 5. The molecule has 4 rings (SSSR count). The molecular formula is C20H20F5N5O5S. The Morgan fingerprint density at radius 2 is 1.78 bits per heavy atom. The van der Waals surface area contributed by atoms with Crippen LogP contribution in [0, 0.1) is 11.6 Å². The number of piperidine rings is 2. The third kappa shape index (κ3) is 5.12. The van der Waals surface area contributed by atoms with Gasteiger partial charge in [-0.25, -0.2) is 17.2 Å². The predicted molar refractivity (Wildman–Crippen MR) is 113 cm³/mol. The van der Waals surface area contributed by atoms with E-state index in [0.717, 1.165) is 11.2 Å². The van der Waals surface area contributed by atoms with Crippen molar-refractivity contribution in [3.05, 3.63) is 29.6 Å². The number of nitrogens with zero attached hydrogens (tertiary/aromatic N) is 4. The van der Waals surface area contributed by atoms with E-state index in [4.69, 9.17) is 0 Å². The van der Waals surface area contributed by atoms with E-state index in [2.05, 4.69) is 20.0 Å². The second-order valence-electron chi connectivity index (χ2n) is 8.50. The fourth-order valence-electron chi connectivity index (χ4n) is 4.20. The molecule has 2 aromatic rings. The van der Waals surface area contributed by atoms with Gasteiger partial charge in [0.05, 0.1) is 4.90 Å². The molecule has 1 aromatic heterocycles. The monoisotopic (exact) mass is 537 g/mol. The number of likely N-dealkylation sites (tertiary alicyclic amines) is 1. The number of amides is 2. The largest absolute Gasteiger partial charge is 0.455 e. The summed E-state index contributed by atoms with van der Waals surface area (Å²) in [6.07, 6.45) is -3.39. The molecule has 1 N–H and O–H groups in total. The highest BCUT2D eigenvalue weighted by Gasteiger charge is 2.41. The third-order valence-corrected chi connectivity index (χ3v) is 7.07. The van der Waals surface area contributed by atoms with Crippen molar-refractivity contribution in [2.45, 2.75) is 48.8 Å². The fraction of sp³-hybridized carbons (Fsp3) is 0.500. The van der Waals surface area contributed by atoms with Crippen LogP contribution in [-0.2, 0) is 25.6 Å². The molecule has 0 saturated carbocycles. The van der Waals surface area contributed by atoms with E-state index in [1.807, 2.05) is 0 Å². The van der Waals surface area contributed by atoms with Crippen molar-refractivity contribution in [1.29, 1.82) is 0 Å². The Labute approximate surface area is 201 Å². The summed E-state index contributed by atoms with van der Waals surface area (Å²) in [5.41, 5.74) is -0.648. The standard InChI is InChI=1S/C20H20F5N5O5S/c1-36(33,34)11-8-12(21)16(13(22)9-11)26-14-3-2-5-29(17(14)32)10-4-6-30(15(31)7-10)19-27-18(28-35-19)20(23,24)25/h8-10,14,26H,2-7H2,1H3/t10-,14?/m0/s1. The van der Waals surface area contributed by atoms with E-state index in [-0.39, 0.29) is 32.4 Å². The van der Waals surface area contributed by atoms with Crippen LogP contribution in [0.4, 0.5) is 33.7 Å². The van der Waals surface area contributed by atoms with Crippen molar-refractivity contribution in [2.75, 3.05) is 29.6 Å². The van der Waals surface area contributed by atoms with E-state index in [1.165, 1.54) is 4.90 Å². The van der Waals surface area contributed by atoms with Gasteiger partial charge < -0.3 is 14.7 Å². The van der Waals surface area contributed by atoms with Gasteiger partial charge in [-0.3, -0.25) is 14.5 Å². The minimum absolute atomic E-state index is 0.0823. The van der Waals surface area contributed by atoms with Crippen molar-refractivity contribution in [1.82, 2.24) is 15.0 Å². The lowest BCUT2D eigenvalue weighted by molar-refractivity contribution is -0.146. The molecule has 0 bridgehead atoms. The number of carbonyl (C=O) groups excluding carboxylic acids is 2. The van der Waals surface area contributed by atoms with Gasteiger partial charge in [-0.05, 0) is 36.6 Å². The van der Waals surface area contributed by atoms with Gasteiger partial charge in [0.25, 0.3) is 5.82 Å². The second-order valence-corrected chi connectivity index (χ2v) is 10.5. The van der Waals surface area contributed by atoms with Crippen LogP contribution in [0.15, 0.2) is 21.6 Å². The molecule has 2 fully saturated rings. The molecule has 2 amide bonds. The number of rotatable bonds is 5.